The van der Waals surface area contributed by atoms with Gasteiger partial charge in [0.1, 0.15) is 11.6 Å². The molecule has 0 aliphatic carbocycles. The fourth-order valence-electron chi connectivity index (χ4n) is 1.16. The third-order valence-corrected chi connectivity index (χ3v) is 2.47. The van der Waals surface area contributed by atoms with Crippen molar-refractivity contribution in [2.45, 2.75) is 13.8 Å². The Hall–Kier alpha value is -1.78. The second-order valence-corrected chi connectivity index (χ2v) is 4.39. The van der Waals surface area contributed by atoms with Gasteiger partial charge in [-0.3, -0.25) is 4.79 Å². The third-order valence-electron chi connectivity index (χ3n) is 2.47. The van der Waals surface area contributed by atoms with Crippen molar-refractivity contribution in [1.82, 2.24) is 0 Å². The number of anilines is 1. The molecule has 17 heavy (non-hydrogen) atoms. The highest BCUT2D eigenvalue weighted by molar-refractivity contribution is 5.74. The van der Waals surface area contributed by atoms with Crippen LogP contribution in [0.5, 0.6) is 5.75 Å². The Kier molecular flexibility index (Phi) is 3.93. The van der Waals surface area contributed by atoms with Crippen LogP contribution in [0.3, 0.4) is 0 Å². The van der Waals surface area contributed by atoms with Crippen LogP contribution in [0.1, 0.15) is 13.8 Å². The number of aliphatic carboxylic acids is 1. The molecule has 0 fully saturated rings. The molecule has 0 bridgehead atoms. The molecule has 4 nitrogen and oxygen atoms in total. The summed E-state index contributed by atoms with van der Waals surface area (Å²) in [6.07, 6.45) is 0. The highest BCUT2D eigenvalue weighted by Gasteiger charge is 2.27. The van der Waals surface area contributed by atoms with Crippen molar-refractivity contribution in [3.05, 3.63) is 24.0 Å². The Morgan fingerprint density at radius 3 is 2.71 bits per heavy atom. The van der Waals surface area contributed by atoms with Crippen molar-refractivity contribution in [2.24, 2.45) is 5.41 Å². The maximum atomic E-state index is 13.4. The number of carboxylic acid groups (broad SMARTS) is 1. The number of nitrogens with one attached hydrogen (secondary N) is 1. The van der Waals surface area contributed by atoms with Gasteiger partial charge < -0.3 is 15.2 Å². The van der Waals surface area contributed by atoms with Crippen molar-refractivity contribution in [3.8, 4) is 5.75 Å². The quantitative estimate of drug-likeness (QED) is 0.830. The molecule has 0 aliphatic rings. The zero-order chi connectivity index (χ0) is 13.1. The lowest BCUT2D eigenvalue weighted by Crippen LogP contribution is -2.31. The molecule has 2 N–H and O–H groups in total. The lowest BCUT2D eigenvalue weighted by molar-refractivity contribution is -0.146. The molecule has 0 heterocycles. The van der Waals surface area contributed by atoms with Gasteiger partial charge >= 0.3 is 5.97 Å². The van der Waals surface area contributed by atoms with E-state index in [0.717, 1.165) is 0 Å². The van der Waals surface area contributed by atoms with Gasteiger partial charge in [0, 0.05) is 12.6 Å². The first-order chi connectivity index (χ1) is 7.86. The van der Waals surface area contributed by atoms with Crippen molar-refractivity contribution < 1.29 is 19.0 Å². The van der Waals surface area contributed by atoms with Crippen LogP contribution in [0.4, 0.5) is 10.1 Å². The summed E-state index contributed by atoms with van der Waals surface area (Å²) in [6, 6.07) is 4.27. The number of halogens is 1. The molecule has 5 heteroatoms. The Bertz CT molecular complexity index is 418. The molecule has 1 aromatic rings. The van der Waals surface area contributed by atoms with Crippen molar-refractivity contribution in [3.63, 3.8) is 0 Å². The van der Waals surface area contributed by atoms with E-state index in [-0.39, 0.29) is 12.2 Å². The van der Waals surface area contributed by atoms with Crippen molar-refractivity contribution in [2.75, 3.05) is 19.0 Å². The monoisotopic (exact) mass is 241 g/mol. The molecular weight excluding hydrogens is 225 g/mol. The molecule has 0 saturated carbocycles. The standard InChI is InChI=1S/C12H16FNO3/c1-12(2,11(15)16)7-14-10-6-8(17-3)4-5-9(10)13/h4-6,14H,7H2,1-3H3,(H,15,16). The van der Waals surface area contributed by atoms with Gasteiger partial charge in [-0.2, -0.15) is 0 Å². The molecule has 0 spiro atoms. The average Bonchev–Trinajstić information content (AvgIpc) is 2.28. The van der Waals surface area contributed by atoms with E-state index in [1.54, 1.807) is 13.8 Å². The summed E-state index contributed by atoms with van der Waals surface area (Å²) in [5.74, 6) is -0.859. The van der Waals surface area contributed by atoms with Crippen LogP contribution in [0.15, 0.2) is 18.2 Å². The van der Waals surface area contributed by atoms with Gasteiger partial charge in [0.05, 0.1) is 18.2 Å². The zero-order valence-corrected chi connectivity index (χ0v) is 10.1. The minimum absolute atomic E-state index is 0.131. The Labute approximate surface area is 99.4 Å². The summed E-state index contributed by atoms with van der Waals surface area (Å²) < 4.78 is 18.4. The van der Waals surface area contributed by atoms with E-state index in [0.29, 0.717) is 5.75 Å². The van der Waals surface area contributed by atoms with Gasteiger partial charge in [0.2, 0.25) is 0 Å². The number of carboxylic acids is 1. The topological polar surface area (TPSA) is 58.6 Å². The number of carbonyl (C=O) groups is 1. The first-order valence-corrected chi connectivity index (χ1v) is 5.17. The van der Waals surface area contributed by atoms with Crippen LogP contribution in [-0.2, 0) is 4.79 Å². The summed E-state index contributed by atoms with van der Waals surface area (Å²) in [4.78, 5) is 10.9. The summed E-state index contributed by atoms with van der Waals surface area (Å²) in [6.45, 7) is 3.27. The van der Waals surface area contributed by atoms with Crippen LogP contribution in [0.25, 0.3) is 0 Å². The van der Waals surface area contributed by atoms with E-state index < -0.39 is 17.2 Å². The predicted molar refractivity (Wildman–Crippen MR) is 62.9 cm³/mol. The number of methoxy groups -OCH3 is 1. The van der Waals surface area contributed by atoms with E-state index in [1.807, 2.05) is 0 Å². The molecule has 1 rings (SSSR count). The first-order valence-electron chi connectivity index (χ1n) is 5.17. The average molecular weight is 241 g/mol. The number of benzene rings is 1. The Morgan fingerprint density at radius 1 is 1.53 bits per heavy atom. The molecule has 0 unspecified atom stereocenters. The van der Waals surface area contributed by atoms with Crippen molar-refractivity contribution in [1.29, 1.82) is 0 Å². The lowest BCUT2D eigenvalue weighted by Gasteiger charge is -2.20. The molecule has 0 amide bonds. The molecule has 0 saturated heterocycles. The largest absolute Gasteiger partial charge is 0.497 e. The van der Waals surface area contributed by atoms with Crippen LogP contribution in [0.2, 0.25) is 0 Å². The molecule has 0 aromatic heterocycles. The Morgan fingerprint density at radius 2 is 2.18 bits per heavy atom. The first kappa shape index (κ1) is 13.3. The summed E-state index contributed by atoms with van der Waals surface area (Å²) in [7, 11) is 1.48. The van der Waals surface area contributed by atoms with Gasteiger partial charge in [-0.15, -0.1) is 0 Å². The van der Waals surface area contributed by atoms with Crippen LogP contribution < -0.4 is 10.1 Å². The van der Waals surface area contributed by atoms with E-state index in [9.17, 15) is 9.18 Å². The second-order valence-electron chi connectivity index (χ2n) is 4.39. The van der Waals surface area contributed by atoms with Gasteiger partial charge in [0.15, 0.2) is 0 Å². The fourth-order valence-corrected chi connectivity index (χ4v) is 1.16. The third kappa shape index (κ3) is 3.34. The highest BCUT2D eigenvalue weighted by atomic mass is 19.1. The van der Waals surface area contributed by atoms with Gasteiger partial charge in [-0.05, 0) is 26.0 Å². The summed E-state index contributed by atoms with van der Waals surface area (Å²) in [5, 5.41) is 11.7. The molecule has 0 atom stereocenters. The molecular formula is C12H16FNO3. The normalized spacial score (nSPS) is 11.1. The van der Waals surface area contributed by atoms with E-state index >= 15 is 0 Å². The lowest BCUT2D eigenvalue weighted by atomic mass is 9.94. The summed E-state index contributed by atoms with van der Waals surface area (Å²) in [5.41, 5.74) is -0.728. The number of rotatable bonds is 5. The van der Waals surface area contributed by atoms with Crippen molar-refractivity contribution >= 4 is 11.7 Å². The molecule has 1 aromatic carbocycles. The van der Waals surface area contributed by atoms with E-state index in [1.165, 1.54) is 25.3 Å². The minimum atomic E-state index is -0.963. The minimum Gasteiger partial charge on any atom is -0.497 e. The number of hydrogen-bond acceptors (Lipinski definition) is 3. The van der Waals surface area contributed by atoms with Crippen LogP contribution >= 0.6 is 0 Å². The molecule has 0 aliphatic heterocycles. The van der Waals surface area contributed by atoms with Gasteiger partial charge in [-0.25, -0.2) is 4.39 Å². The molecule has 0 radical (unpaired) electrons. The number of hydrogen-bond donors (Lipinski definition) is 2. The predicted octanol–water partition coefficient (Wildman–Crippen LogP) is 2.36. The fraction of sp³-hybridized carbons (Fsp3) is 0.417. The van der Waals surface area contributed by atoms with E-state index in [4.69, 9.17) is 9.84 Å². The van der Waals surface area contributed by atoms with Crippen LogP contribution in [-0.4, -0.2) is 24.7 Å². The van der Waals surface area contributed by atoms with Crippen LogP contribution in [0, 0.1) is 11.2 Å². The zero-order valence-electron chi connectivity index (χ0n) is 10.1. The molecule has 94 valence electrons. The highest BCUT2D eigenvalue weighted by Crippen LogP contribution is 2.23. The maximum Gasteiger partial charge on any atom is 0.310 e. The van der Waals surface area contributed by atoms with Gasteiger partial charge in [0.25, 0.3) is 0 Å². The van der Waals surface area contributed by atoms with E-state index in [2.05, 4.69) is 5.32 Å². The maximum absolute atomic E-state index is 13.4. The number of ether oxygens (including phenoxy) is 1. The SMILES string of the molecule is COc1ccc(F)c(NCC(C)(C)C(=O)O)c1. The summed E-state index contributed by atoms with van der Waals surface area (Å²) >= 11 is 0. The van der Waals surface area contributed by atoms with Gasteiger partial charge in [-0.1, -0.05) is 0 Å². The smallest absolute Gasteiger partial charge is 0.310 e. The second kappa shape index (κ2) is 5.03. The Balaban J connectivity index is 2.78.